The van der Waals surface area contributed by atoms with Crippen molar-refractivity contribution in [3.8, 4) is 0 Å². The van der Waals surface area contributed by atoms with Crippen LogP contribution in [0, 0.1) is 18.6 Å². The predicted octanol–water partition coefficient (Wildman–Crippen LogP) is 4.13. The maximum absolute atomic E-state index is 14.1. The number of hydrogen-bond acceptors (Lipinski definition) is 2. The van der Waals surface area contributed by atoms with E-state index in [1.807, 2.05) is 7.05 Å². The monoisotopic (exact) mass is 293 g/mol. The SMILES string of the molecule is CNC(c1cc2c(s1)CCC2)c1cc(C)c(F)cc1F. The first-order chi connectivity index (χ1) is 9.60. The zero-order valence-corrected chi connectivity index (χ0v) is 12.4. The van der Waals surface area contributed by atoms with E-state index in [0.29, 0.717) is 11.1 Å². The van der Waals surface area contributed by atoms with Gasteiger partial charge in [-0.25, -0.2) is 8.78 Å². The third-order valence-corrected chi connectivity index (χ3v) is 5.23. The van der Waals surface area contributed by atoms with E-state index in [1.165, 1.54) is 16.9 Å². The molecule has 106 valence electrons. The second-order valence-corrected chi connectivity index (χ2v) is 6.46. The van der Waals surface area contributed by atoms with E-state index in [4.69, 9.17) is 0 Å². The summed E-state index contributed by atoms with van der Waals surface area (Å²) in [5.41, 5.74) is 2.39. The van der Waals surface area contributed by atoms with Gasteiger partial charge in [0.2, 0.25) is 0 Å². The zero-order valence-electron chi connectivity index (χ0n) is 11.6. The molecule has 1 aromatic heterocycles. The molecule has 0 spiro atoms. The summed E-state index contributed by atoms with van der Waals surface area (Å²) in [4.78, 5) is 2.53. The van der Waals surface area contributed by atoms with Crippen LogP contribution >= 0.6 is 11.3 Å². The Morgan fingerprint density at radius 1 is 1.15 bits per heavy atom. The number of thiophene rings is 1. The van der Waals surface area contributed by atoms with Crippen molar-refractivity contribution >= 4 is 11.3 Å². The Bertz CT molecular complexity index is 627. The summed E-state index contributed by atoms with van der Waals surface area (Å²) in [6.45, 7) is 1.67. The molecule has 1 atom stereocenters. The van der Waals surface area contributed by atoms with Crippen molar-refractivity contribution in [1.29, 1.82) is 0 Å². The molecule has 3 rings (SSSR count). The van der Waals surface area contributed by atoms with E-state index >= 15 is 0 Å². The van der Waals surface area contributed by atoms with Gasteiger partial charge >= 0.3 is 0 Å². The Kier molecular flexibility index (Phi) is 3.61. The third-order valence-electron chi connectivity index (χ3n) is 3.93. The summed E-state index contributed by atoms with van der Waals surface area (Å²) in [6.07, 6.45) is 3.46. The van der Waals surface area contributed by atoms with Crippen LogP contribution < -0.4 is 5.32 Å². The molecule has 4 heteroatoms. The molecule has 0 fully saturated rings. The van der Waals surface area contributed by atoms with E-state index in [2.05, 4.69) is 11.4 Å². The van der Waals surface area contributed by atoms with Crippen molar-refractivity contribution in [2.24, 2.45) is 0 Å². The van der Waals surface area contributed by atoms with Crippen molar-refractivity contribution in [3.05, 3.63) is 56.3 Å². The first-order valence-corrected chi connectivity index (χ1v) is 7.66. The number of nitrogens with one attached hydrogen (secondary N) is 1. The molecular formula is C16H17F2NS. The number of halogens is 2. The molecule has 0 saturated carbocycles. The van der Waals surface area contributed by atoms with Crippen LogP contribution in [0.3, 0.4) is 0 Å². The van der Waals surface area contributed by atoms with Gasteiger partial charge in [0.25, 0.3) is 0 Å². The molecule has 2 aromatic rings. The van der Waals surface area contributed by atoms with Crippen molar-refractivity contribution in [3.63, 3.8) is 0 Å². The predicted molar refractivity (Wildman–Crippen MR) is 78.3 cm³/mol. The third kappa shape index (κ3) is 2.27. The van der Waals surface area contributed by atoms with Crippen LogP contribution in [0.4, 0.5) is 8.78 Å². The summed E-state index contributed by atoms with van der Waals surface area (Å²) >= 11 is 1.75. The number of rotatable bonds is 3. The van der Waals surface area contributed by atoms with Gasteiger partial charge in [-0.15, -0.1) is 11.3 Å². The minimum atomic E-state index is -0.491. The molecule has 1 aliphatic carbocycles. The van der Waals surface area contributed by atoms with Crippen LogP contribution in [0.5, 0.6) is 0 Å². The highest BCUT2D eigenvalue weighted by Gasteiger charge is 2.23. The second-order valence-electron chi connectivity index (χ2n) is 5.30. The molecule has 1 heterocycles. The van der Waals surface area contributed by atoms with Gasteiger partial charge in [0.05, 0.1) is 6.04 Å². The minimum absolute atomic E-state index is 0.204. The molecule has 1 nitrogen and oxygen atoms in total. The fourth-order valence-electron chi connectivity index (χ4n) is 2.85. The van der Waals surface area contributed by atoms with Gasteiger partial charge in [0.1, 0.15) is 11.6 Å². The maximum Gasteiger partial charge on any atom is 0.131 e. The van der Waals surface area contributed by atoms with E-state index < -0.39 is 11.6 Å². The molecule has 1 unspecified atom stereocenters. The van der Waals surface area contributed by atoms with Gasteiger partial charge < -0.3 is 5.32 Å². The van der Waals surface area contributed by atoms with Crippen LogP contribution in [0.15, 0.2) is 18.2 Å². The highest BCUT2D eigenvalue weighted by atomic mass is 32.1. The van der Waals surface area contributed by atoms with Gasteiger partial charge in [-0.05, 0) is 56.5 Å². The van der Waals surface area contributed by atoms with Gasteiger partial charge in [0, 0.05) is 21.4 Å². The highest BCUT2D eigenvalue weighted by Crippen LogP contribution is 2.36. The lowest BCUT2D eigenvalue weighted by Gasteiger charge is -2.17. The molecular weight excluding hydrogens is 276 g/mol. The van der Waals surface area contributed by atoms with Crippen LogP contribution in [0.2, 0.25) is 0 Å². The first kappa shape index (κ1) is 13.7. The van der Waals surface area contributed by atoms with E-state index in [-0.39, 0.29) is 6.04 Å². The highest BCUT2D eigenvalue weighted by molar-refractivity contribution is 7.12. The molecule has 1 aliphatic rings. The Morgan fingerprint density at radius 3 is 2.65 bits per heavy atom. The van der Waals surface area contributed by atoms with Crippen LogP contribution in [0.25, 0.3) is 0 Å². The molecule has 0 aliphatic heterocycles. The van der Waals surface area contributed by atoms with Crippen molar-refractivity contribution in [2.45, 2.75) is 32.2 Å². The van der Waals surface area contributed by atoms with E-state index in [1.54, 1.807) is 24.3 Å². The Balaban J connectivity index is 2.03. The molecule has 0 saturated heterocycles. The fourth-order valence-corrected chi connectivity index (χ4v) is 4.23. The van der Waals surface area contributed by atoms with Gasteiger partial charge in [-0.2, -0.15) is 0 Å². The average Bonchev–Trinajstić information content (AvgIpc) is 2.97. The molecule has 0 radical (unpaired) electrons. The van der Waals surface area contributed by atoms with Crippen molar-refractivity contribution < 1.29 is 8.78 Å². The maximum atomic E-state index is 14.1. The Hall–Kier alpha value is -1.26. The summed E-state index contributed by atoms with van der Waals surface area (Å²) < 4.78 is 27.5. The van der Waals surface area contributed by atoms with Crippen LogP contribution in [-0.4, -0.2) is 7.05 Å². The van der Waals surface area contributed by atoms with Gasteiger partial charge in [0.15, 0.2) is 0 Å². The standard InChI is InChI=1S/C16H17F2NS/c1-9-6-11(13(18)8-12(9)17)16(19-2)15-7-10-4-3-5-14(10)20-15/h6-8,16,19H,3-5H2,1-2H3. The van der Waals surface area contributed by atoms with Gasteiger partial charge in [-0.1, -0.05) is 0 Å². The summed E-state index contributed by atoms with van der Waals surface area (Å²) in [6, 6.07) is 4.56. The van der Waals surface area contributed by atoms with Crippen molar-refractivity contribution in [1.82, 2.24) is 5.32 Å². The quantitative estimate of drug-likeness (QED) is 0.897. The lowest BCUT2D eigenvalue weighted by molar-refractivity contribution is 0.549. The summed E-state index contributed by atoms with van der Waals surface area (Å²) in [5, 5.41) is 3.16. The molecule has 1 N–H and O–H groups in total. The van der Waals surface area contributed by atoms with Crippen LogP contribution in [0.1, 0.15) is 38.9 Å². The zero-order chi connectivity index (χ0) is 14.3. The average molecular weight is 293 g/mol. The van der Waals surface area contributed by atoms with Crippen molar-refractivity contribution in [2.75, 3.05) is 7.05 Å². The van der Waals surface area contributed by atoms with E-state index in [9.17, 15) is 8.78 Å². The normalized spacial score (nSPS) is 15.4. The number of aryl methyl sites for hydroxylation is 3. The van der Waals surface area contributed by atoms with Gasteiger partial charge in [-0.3, -0.25) is 0 Å². The minimum Gasteiger partial charge on any atom is -0.309 e. The largest absolute Gasteiger partial charge is 0.309 e. The smallest absolute Gasteiger partial charge is 0.131 e. The molecule has 20 heavy (non-hydrogen) atoms. The lowest BCUT2D eigenvalue weighted by Crippen LogP contribution is -2.18. The Morgan fingerprint density at radius 2 is 1.95 bits per heavy atom. The summed E-state index contributed by atoms with van der Waals surface area (Å²) in [7, 11) is 1.81. The van der Waals surface area contributed by atoms with E-state index in [0.717, 1.165) is 23.8 Å². The second kappa shape index (κ2) is 5.26. The van der Waals surface area contributed by atoms with Crippen LogP contribution in [-0.2, 0) is 12.8 Å². The Labute approximate surface area is 121 Å². The number of fused-ring (bicyclic) bond motifs is 1. The summed E-state index contributed by atoms with van der Waals surface area (Å²) in [5.74, 6) is -0.976. The topological polar surface area (TPSA) is 12.0 Å². The number of hydrogen-bond donors (Lipinski definition) is 1. The first-order valence-electron chi connectivity index (χ1n) is 6.84. The molecule has 0 amide bonds. The molecule has 1 aromatic carbocycles. The lowest BCUT2D eigenvalue weighted by atomic mass is 10.0. The molecule has 0 bridgehead atoms. The fraction of sp³-hybridized carbons (Fsp3) is 0.375. The number of benzene rings is 1.